The Balaban J connectivity index is 0.816. The lowest BCUT2D eigenvalue weighted by Crippen LogP contribution is -2.37. The van der Waals surface area contributed by atoms with Crippen molar-refractivity contribution in [1.82, 2.24) is 0 Å². The highest BCUT2D eigenvalue weighted by Gasteiger charge is 2.45. The molecule has 1 saturated carbocycles. The standard InChI is InChI=1S/C69H64F4N2O3/c1-4-5-6-7-44-8-10-45(11-9-44)46-12-14-47(15-13-46)48-16-18-50(19-17-48)66(76)74-56-30-20-49(21-31-56)51-22-35-62-61(42-51)63-58-34-27-54(69(71,72)73)43-60(58)65-59(64(63)67(62,2)3)36-37-68(78-65,52-23-28-55(70)29-24-52)53-25-32-57(33-26-53)75-38-40-77-41-39-75/h12-37,42-45H,4-11,38-41H2,1-3H3,(H,74,76)/t44-,45-,68?. The number of nitrogens with one attached hydrogen (secondary N) is 1. The summed E-state index contributed by atoms with van der Waals surface area (Å²) in [5.74, 6) is 1.24. The number of amides is 1. The van der Waals surface area contributed by atoms with Gasteiger partial charge in [0.05, 0.1) is 18.8 Å². The molecule has 0 aromatic heterocycles. The van der Waals surface area contributed by atoms with E-state index in [0.717, 1.165) is 80.8 Å². The molecule has 0 radical (unpaired) electrons. The van der Waals surface area contributed by atoms with Gasteiger partial charge in [-0.05, 0) is 166 Å². The fourth-order valence-corrected chi connectivity index (χ4v) is 13.0. The first-order chi connectivity index (χ1) is 37.8. The summed E-state index contributed by atoms with van der Waals surface area (Å²) in [7, 11) is 0. The van der Waals surface area contributed by atoms with Gasteiger partial charge in [0.1, 0.15) is 11.6 Å². The lowest BCUT2D eigenvalue weighted by molar-refractivity contribution is -0.137. The van der Waals surface area contributed by atoms with E-state index in [0.29, 0.717) is 58.0 Å². The van der Waals surface area contributed by atoms with Gasteiger partial charge in [-0.2, -0.15) is 13.2 Å². The number of benzene rings is 8. The summed E-state index contributed by atoms with van der Waals surface area (Å²) in [5, 5.41) is 4.04. The lowest BCUT2D eigenvalue weighted by atomic mass is 9.76. The van der Waals surface area contributed by atoms with E-state index in [9.17, 15) is 22.4 Å². The Morgan fingerprint density at radius 2 is 1.32 bits per heavy atom. The fourth-order valence-electron chi connectivity index (χ4n) is 13.0. The van der Waals surface area contributed by atoms with Gasteiger partial charge in [-0.3, -0.25) is 4.79 Å². The molecule has 2 heterocycles. The van der Waals surface area contributed by atoms with Crippen LogP contribution < -0.4 is 15.0 Å². The van der Waals surface area contributed by atoms with Gasteiger partial charge < -0.3 is 19.7 Å². The third-order valence-corrected chi connectivity index (χ3v) is 17.3. The Morgan fingerprint density at radius 3 is 1.99 bits per heavy atom. The van der Waals surface area contributed by atoms with Crippen LogP contribution in [0.4, 0.5) is 28.9 Å². The molecule has 1 N–H and O–H groups in total. The third kappa shape index (κ3) is 9.58. The SMILES string of the molecule is CCCCC[C@H]1CC[C@H](c2ccc(-c3ccc(C(=O)Nc4ccc(-c5ccc6c(c5)-c5c(c7c(c8cc(C(F)(F)F)ccc58)OC(c5ccc(F)cc5)(c5ccc(N8CCOCC8)cc5)C=C7)C6(C)C)cc4)cc3)cc2)CC1. The molecule has 5 nitrogen and oxygen atoms in total. The van der Waals surface area contributed by atoms with E-state index in [4.69, 9.17) is 9.47 Å². The minimum Gasteiger partial charge on any atom is -0.472 e. The number of anilines is 2. The number of nitrogens with zero attached hydrogens (tertiary/aromatic N) is 1. The smallest absolute Gasteiger partial charge is 0.416 e. The first kappa shape index (κ1) is 51.3. The maximum Gasteiger partial charge on any atom is 0.416 e. The van der Waals surface area contributed by atoms with Crippen molar-refractivity contribution in [2.45, 2.75) is 95.2 Å². The normalized spacial score (nSPS) is 19.4. The molecular weight excluding hydrogens is 981 g/mol. The molecule has 0 bridgehead atoms. The number of morpholine rings is 1. The topological polar surface area (TPSA) is 50.8 Å². The summed E-state index contributed by atoms with van der Waals surface area (Å²) in [5.41, 5.74) is 10.9. The lowest BCUT2D eigenvalue weighted by Gasteiger charge is -2.39. The van der Waals surface area contributed by atoms with Crippen LogP contribution in [0.3, 0.4) is 0 Å². The number of halogens is 4. The van der Waals surface area contributed by atoms with Crippen LogP contribution in [-0.4, -0.2) is 32.2 Å². The molecule has 1 atom stereocenters. The van der Waals surface area contributed by atoms with Crippen LogP contribution in [-0.2, 0) is 21.9 Å². The van der Waals surface area contributed by atoms with Gasteiger partial charge in [0, 0.05) is 57.5 Å². The molecule has 12 rings (SSSR count). The van der Waals surface area contributed by atoms with E-state index >= 15 is 0 Å². The maximum absolute atomic E-state index is 14.8. The van der Waals surface area contributed by atoms with Gasteiger partial charge in [0.15, 0.2) is 5.60 Å². The first-order valence-corrected chi connectivity index (χ1v) is 27.8. The van der Waals surface area contributed by atoms with Crippen molar-refractivity contribution in [2.75, 3.05) is 36.5 Å². The van der Waals surface area contributed by atoms with Gasteiger partial charge in [-0.1, -0.05) is 144 Å². The monoisotopic (exact) mass is 1040 g/mol. The minimum atomic E-state index is -4.62. The van der Waals surface area contributed by atoms with Crippen molar-refractivity contribution in [3.8, 4) is 39.1 Å². The minimum absolute atomic E-state index is 0.204. The second-order valence-corrected chi connectivity index (χ2v) is 22.4. The Morgan fingerprint density at radius 1 is 0.692 bits per heavy atom. The average Bonchev–Trinajstić information content (AvgIpc) is 3.97. The molecule has 1 saturated heterocycles. The summed E-state index contributed by atoms with van der Waals surface area (Å²) in [6.07, 6.45) is 9.93. The van der Waals surface area contributed by atoms with Crippen LogP contribution in [0.25, 0.3) is 50.2 Å². The van der Waals surface area contributed by atoms with Crippen LogP contribution in [0, 0.1) is 11.7 Å². The Labute approximate surface area is 454 Å². The third-order valence-electron chi connectivity index (χ3n) is 17.3. The number of unbranched alkanes of at least 4 members (excludes halogenated alkanes) is 2. The number of hydrogen-bond acceptors (Lipinski definition) is 4. The molecule has 9 heteroatoms. The molecule has 4 aliphatic rings. The molecule has 2 fully saturated rings. The Hall–Kier alpha value is -7.49. The maximum atomic E-state index is 14.8. The zero-order chi connectivity index (χ0) is 53.8. The molecule has 1 amide bonds. The summed E-state index contributed by atoms with van der Waals surface area (Å²) in [6, 6.07) is 48.9. The van der Waals surface area contributed by atoms with E-state index in [-0.39, 0.29) is 5.91 Å². The van der Waals surface area contributed by atoms with Crippen molar-refractivity contribution < 1.29 is 31.8 Å². The predicted octanol–water partition coefficient (Wildman–Crippen LogP) is 17.9. The molecule has 78 heavy (non-hydrogen) atoms. The zero-order valence-corrected chi connectivity index (χ0v) is 44.5. The van der Waals surface area contributed by atoms with Gasteiger partial charge in [-0.25, -0.2) is 4.39 Å². The number of carbonyl (C=O) groups is 1. The predicted molar refractivity (Wildman–Crippen MR) is 307 cm³/mol. The average molecular weight is 1050 g/mol. The van der Waals surface area contributed by atoms with Crippen LogP contribution in [0.1, 0.15) is 127 Å². The fraction of sp³-hybridized carbons (Fsp3) is 0.290. The van der Waals surface area contributed by atoms with Crippen LogP contribution in [0.2, 0.25) is 0 Å². The van der Waals surface area contributed by atoms with Crippen molar-refractivity contribution in [1.29, 1.82) is 0 Å². The second kappa shape index (κ2) is 20.7. The molecule has 2 aliphatic carbocycles. The Kier molecular flexibility index (Phi) is 13.6. The molecule has 2 aliphatic heterocycles. The molecule has 8 aromatic rings. The number of carbonyl (C=O) groups excluding carboxylic acids is 1. The van der Waals surface area contributed by atoms with Crippen molar-refractivity contribution >= 4 is 34.1 Å². The number of hydrogen-bond donors (Lipinski definition) is 1. The number of alkyl halides is 3. The molecule has 0 spiro atoms. The van der Waals surface area contributed by atoms with E-state index in [1.54, 1.807) is 18.2 Å². The van der Waals surface area contributed by atoms with Crippen molar-refractivity contribution in [3.05, 3.63) is 214 Å². The van der Waals surface area contributed by atoms with Crippen molar-refractivity contribution in [2.24, 2.45) is 5.92 Å². The van der Waals surface area contributed by atoms with Crippen LogP contribution >= 0.6 is 0 Å². The van der Waals surface area contributed by atoms with E-state index < -0.39 is 28.6 Å². The van der Waals surface area contributed by atoms with E-state index in [1.165, 1.54) is 75.1 Å². The summed E-state index contributed by atoms with van der Waals surface area (Å²) < 4.78 is 71.7. The molecular formula is C69H64F4N2O3. The highest BCUT2D eigenvalue weighted by molar-refractivity contribution is 6.09. The summed E-state index contributed by atoms with van der Waals surface area (Å²) in [4.78, 5) is 15.8. The molecule has 8 aromatic carbocycles. The molecule has 1 unspecified atom stereocenters. The Bertz CT molecular complexity index is 3540. The van der Waals surface area contributed by atoms with Gasteiger partial charge in [-0.15, -0.1) is 0 Å². The quantitative estimate of drug-likeness (QED) is 0.0979. The molecule has 396 valence electrons. The number of rotatable bonds is 12. The largest absolute Gasteiger partial charge is 0.472 e. The van der Waals surface area contributed by atoms with Crippen LogP contribution in [0.15, 0.2) is 164 Å². The van der Waals surface area contributed by atoms with Gasteiger partial charge in [0.2, 0.25) is 0 Å². The highest BCUT2D eigenvalue weighted by Crippen LogP contribution is 2.59. The summed E-state index contributed by atoms with van der Waals surface area (Å²) in [6.45, 7) is 9.34. The van der Waals surface area contributed by atoms with E-state index in [1.807, 2.05) is 84.9 Å². The van der Waals surface area contributed by atoms with Gasteiger partial charge >= 0.3 is 6.18 Å². The number of ether oxygens (including phenoxy) is 2. The highest BCUT2D eigenvalue weighted by atomic mass is 19.4. The number of fused-ring (bicyclic) bond motifs is 8. The van der Waals surface area contributed by atoms with Crippen molar-refractivity contribution in [3.63, 3.8) is 0 Å². The van der Waals surface area contributed by atoms with E-state index in [2.05, 4.69) is 73.5 Å². The van der Waals surface area contributed by atoms with Gasteiger partial charge in [0.25, 0.3) is 5.91 Å². The first-order valence-electron chi connectivity index (χ1n) is 27.8. The van der Waals surface area contributed by atoms with Crippen LogP contribution in [0.5, 0.6) is 5.75 Å². The second-order valence-electron chi connectivity index (χ2n) is 22.4. The summed E-state index contributed by atoms with van der Waals surface area (Å²) >= 11 is 0. The zero-order valence-electron chi connectivity index (χ0n) is 44.5.